The predicted molar refractivity (Wildman–Crippen MR) is 186 cm³/mol. The zero-order valence-corrected chi connectivity index (χ0v) is 30.5. The summed E-state index contributed by atoms with van der Waals surface area (Å²) in [5, 5.41) is 9.78. The molecule has 1 unspecified atom stereocenters. The molecule has 0 heterocycles. The molecule has 0 aromatic heterocycles. The molecule has 0 bridgehead atoms. The number of amides is 6. The number of benzene rings is 1. The van der Waals surface area contributed by atoms with Crippen molar-refractivity contribution in [2.45, 2.75) is 117 Å². The van der Waals surface area contributed by atoms with Crippen LogP contribution in [0.25, 0.3) is 0 Å². The maximum absolute atomic E-state index is 12.9. The molecular weight excluding hydrogens is 652 g/mol. The Morgan fingerprint density at radius 3 is 1.86 bits per heavy atom. The van der Waals surface area contributed by atoms with Gasteiger partial charge in [-0.1, -0.05) is 18.9 Å². The van der Waals surface area contributed by atoms with Gasteiger partial charge in [0.1, 0.15) is 22.8 Å². The molecule has 0 saturated heterocycles. The number of unbranched alkanes of at least 4 members (excludes halogenated alkanes) is 3. The maximum Gasteiger partial charge on any atom is 0.414 e. The van der Waals surface area contributed by atoms with Crippen LogP contribution < -0.4 is 37.9 Å². The van der Waals surface area contributed by atoms with E-state index in [0.717, 1.165) is 19.3 Å². The lowest BCUT2D eigenvalue weighted by Crippen LogP contribution is -2.54. The Kier molecular flexibility index (Phi) is 17.2. The number of hydrogen-bond acceptors (Lipinski definition) is 11. The van der Waals surface area contributed by atoms with Crippen molar-refractivity contribution in [3.63, 3.8) is 0 Å². The fourth-order valence-electron chi connectivity index (χ4n) is 3.83. The lowest BCUT2D eigenvalue weighted by atomic mass is 10.1. The van der Waals surface area contributed by atoms with E-state index in [-0.39, 0.29) is 17.2 Å². The molecule has 17 heteroatoms. The first-order chi connectivity index (χ1) is 23.1. The van der Waals surface area contributed by atoms with Gasteiger partial charge in [0.05, 0.1) is 12.1 Å². The van der Waals surface area contributed by atoms with Gasteiger partial charge in [0.25, 0.3) is 5.91 Å². The number of guanidine groups is 1. The summed E-state index contributed by atoms with van der Waals surface area (Å²) in [6, 6.07) is 3.44. The van der Waals surface area contributed by atoms with Gasteiger partial charge in [-0.2, -0.15) is 0 Å². The van der Waals surface area contributed by atoms with Gasteiger partial charge in [-0.3, -0.25) is 30.4 Å². The molecule has 1 atom stereocenters. The zero-order valence-electron chi connectivity index (χ0n) is 30.5. The summed E-state index contributed by atoms with van der Waals surface area (Å²) in [4.78, 5) is 80.0. The number of rotatable bonds is 12. The molecule has 0 aliphatic carbocycles. The fourth-order valence-corrected chi connectivity index (χ4v) is 3.83. The summed E-state index contributed by atoms with van der Waals surface area (Å²) >= 11 is 0. The van der Waals surface area contributed by atoms with Crippen LogP contribution in [-0.2, 0) is 23.8 Å². The highest BCUT2D eigenvalue weighted by atomic mass is 16.6. The van der Waals surface area contributed by atoms with Crippen LogP contribution in [0.4, 0.5) is 20.1 Å². The third-order valence-electron chi connectivity index (χ3n) is 5.72. The van der Waals surface area contributed by atoms with Crippen molar-refractivity contribution in [2.24, 2.45) is 10.7 Å². The van der Waals surface area contributed by atoms with Gasteiger partial charge in [0, 0.05) is 12.1 Å². The maximum atomic E-state index is 12.9. The number of esters is 1. The van der Waals surface area contributed by atoms with E-state index in [4.69, 9.17) is 19.9 Å². The van der Waals surface area contributed by atoms with Gasteiger partial charge in [-0.15, -0.1) is 0 Å². The highest BCUT2D eigenvalue weighted by Crippen LogP contribution is 2.15. The van der Waals surface area contributed by atoms with Crippen molar-refractivity contribution < 1.29 is 43.0 Å². The Balaban J connectivity index is 3.02. The van der Waals surface area contributed by atoms with Crippen LogP contribution in [0.15, 0.2) is 29.3 Å². The topological polar surface area (TPSA) is 241 Å². The highest BCUT2D eigenvalue weighted by molar-refractivity contribution is 6.03. The second kappa shape index (κ2) is 19.9. The highest BCUT2D eigenvalue weighted by Gasteiger charge is 2.27. The summed E-state index contributed by atoms with van der Waals surface area (Å²) < 4.78 is 15.8. The Morgan fingerprint density at radius 1 is 0.760 bits per heavy atom. The van der Waals surface area contributed by atoms with Crippen LogP contribution in [0, 0.1) is 0 Å². The summed E-state index contributed by atoms with van der Waals surface area (Å²) in [5.41, 5.74) is 7.53. The summed E-state index contributed by atoms with van der Waals surface area (Å²) in [5.74, 6) is -2.42. The normalized spacial score (nSPS) is 12.0. The summed E-state index contributed by atoms with van der Waals surface area (Å²) in [6.45, 7) is 15.9. The van der Waals surface area contributed by atoms with Gasteiger partial charge < -0.3 is 30.6 Å². The van der Waals surface area contributed by atoms with E-state index in [0.29, 0.717) is 19.5 Å². The third kappa shape index (κ3) is 20.4. The van der Waals surface area contributed by atoms with Crippen LogP contribution in [0.5, 0.6) is 0 Å². The molecule has 280 valence electrons. The fraction of sp³-hybridized carbons (Fsp3) is 0.606. The standard InChI is InChI=1S/C33H54N8O9/c1-31(2,3)48-24(42)20-23(26(44)35-18-13-11-10-12-17-34)37-28(45)41-40-25(43)21-15-14-16-22(19-21)36-27(38-29(46)49-32(4,5)6)39-30(47)50-33(7,8)9/h14-16,19,23H,10-13,17-18,20,34H2,1-9H3,(H,35,44)(H,40,43)(H2,37,41,45)(H2,36,38,39,46,47). The van der Waals surface area contributed by atoms with Gasteiger partial charge in [-0.25, -0.2) is 24.8 Å². The molecule has 0 aliphatic rings. The SMILES string of the molecule is CC(C)(C)OC(=O)CC(NC(=O)NNC(=O)c1cccc(N=C(NC(=O)OC(C)(C)C)NC(=O)OC(C)(C)C)c1)C(=O)NCCCCCCN. The average Bonchev–Trinajstić information content (AvgIpc) is 2.94. The lowest BCUT2D eigenvalue weighted by Gasteiger charge is -2.23. The first-order valence-corrected chi connectivity index (χ1v) is 16.3. The van der Waals surface area contributed by atoms with E-state index in [1.807, 2.05) is 0 Å². The Hall–Kier alpha value is -4.93. The molecule has 6 amide bonds. The first-order valence-electron chi connectivity index (χ1n) is 16.3. The summed E-state index contributed by atoms with van der Waals surface area (Å²) in [7, 11) is 0. The molecule has 0 radical (unpaired) electrons. The second-order valence-electron chi connectivity index (χ2n) is 14.2. The summed E-state index contributed by atoms with van der Waals surface area (Å²) in [6.07, 6.45) is 1.06. The number of nitrogens with zero attached hydrogens (tertiary/aromatic N) is 1. The monoisotopic (exact) mass is 706 g/mol. The molecule has 50 heavy (non-hydrogen) atoms. The van der Waals surface area contributed by atoms with Gasteiger partial charge in [-0.05, 0) is 99.9 Å². The third-order valence-corrected chi connectivity index (χ3v) is 5.72. The predicted octanol–water partition coefficient (Wildman–Crippen LogP) is 3.40. The van der Waals surface area contributed by atoms with Crippen molar-refractivity contribution >= 4 is 47.6 Å². The molecule has 0 aliphatic heterocycles. The molecule has 0 spiro atoms. The Bertz CT molecular complexity index is 1330. The van der Waals surface area contributed by atoms with Gasteiger partial charge in [0.15, 0.2) is 0 Å². The minimum Gasteiger partial charge on any atom is -0.460 e. The molecule has 0 saturated carbocycles. The smallest absolute Gasteiger partial charge is 0.414 e. The molecule has 0 fully saturated rings. The van der Waals surface area contributed by atoms with E-state index < -0.39 is 65.3 Å². The molecule has 8 N–H and O–H groups in total. The van der Waals surface area contributed by atoms with Crippen molar-refractivity contribution in [3.8, 4) is 0 Å². The quantitative estimate of drug-likeness (QED) is 0.0417. The van der Waals surface area contributed by atoms with E-state index in [9.17, 15) is 28.8 Å². The molecule has 1 rings (SSSR count). The minimum absolute atomic E-state index is 0.0260. The van der Waals surface area contributed by atoms with Crippen molar-refractivity contribution in [3.05, 3.63) is 29.8 Å². The van der Waals surface area contributed by atoms with Crippen LogP contribution >= 0.6 is 0 Å². The molecule has 1 aromatic rings. The van der Waals surface area contributed by atoms with Crippen LogP contribution in [0.1, 0.15) is 105 Å². The number of ether oxygens (including phenoxy) is 3. The minimum atomic E-state index is -1.29. The van der Waals surface area contributed by atoms with Crippen molar-refractivity contribution in [1.82, 2.24) is 32.1 Å². The number of urea groups is 1. The van der Waals surface area contributed by atoms with E-state index in [2.05, 4.69) is 37.1 Å². The van der Waals surface area contributed by atoms with E-state index in [1.165, 1.54) is 24.3 Å². The Labute approximate surface area is 293 Å². The number of alkyl carbamates (subject to hydrolysis) is 2. The number of hydrazine groups is 1. The first kappa shape index (κ1) is 43.1. The average molecular weight is 707 g/mol. The Morgan fingerprint density at radius 2 is 1.32 bits per heavy atom. The number of nitrogens with one attached hydrogen (secondary N) is 6. The zero-order chi connectivity index (χ0) is 38.1. The number of nitrogens with two attached hydrogens (primary N) is 1. The number of aliphatic imine (C=N–C) groups is 1. The van der Waals surface area contributed by atoms with Crippen molar-refractivity contribution in [2.75, 3.05) is 13.1 Å². The molecule has 1 aromatic carbocycles. The largest absolute Gasteiger partial charge is 0.460 e. The van der Waals surface area contributed by atoms with E-state index in [1.54, 1.807) is 62.3 Å². The second-order valence-corrected chi connectivity index (χ2v) is 14.2. The van der Waals surface area contributed by atoms with Crippen molar-refractivity contribution in [1.29, 1.82) is 0 Å². The van der Waals surface area contributed by atoms with E-state index >= 15 is 0 Å². The van der Waals surface area contributed by atoms with Gasteiger partial charge >= 0.3 is 24.2 Å². The van der Waals surface area contributed by atoms with Crippen LogP contribution in [0.3, 0.4) is 0 Å². The molecular formula is C33H54N8O9. The van der Waals surface area contributed by atoms with Crippen LogP contribution in [-0.4, -0.2) is 77.9 Å². The van der Waals surface area contributed by atoms with Crippen LogP contribution in [0.2, 0.25) is 0 Å². The number of carbonyl (C=O) groups excluding carboxylic acids is 6. The lowest BCUT2D eigenvalue weighted by molar-refractivity contribution is -0.156. The number of hydrogen-bond donors (Lipinski definition) is 7. The molecule has 17 nitrogen and oxygen atoms in total. The number of carbonyl (C=O) groups is 6. The van der Waals surface area contributed by atoms with Gasteiger partial charge in [0.2, 0.25) is 11.9 Å².